The molecule has 0 radical (unpaired) electrons. The molecule has 0 saturated heterocycles. The maximum atomic E-state index is 13.2. The van der Waals surface area contributed by atoms with Gasteiger partial charge in [0.1, 0.15) is 11.6 Å². The summed E-state index contributed by atoms with van der Waals surface area (Å²) in [6.07, 6.45) is 0. The Balaban J connectivity index is 2.07. The molecule has 0 aromatic heterocycles. The van der Waals surface area contributed by atoms with Crippen LogP contribution in [0, 0.1) is 17.1 Å². The smallest absolute Gasteiger partial charge is 0.234 e. The molecule has 0 unspecified atom stereocenters. The maximum absolute atomic E-state index is 13.2. The molecule has 0 heterocycles. The predicted molar refractivity (Wildman–Crippen MR) is 84.5 cm³/mol. The van der Waals surface area contributed by atoms with Gasteiger partial charge in [0.05, 0.1) is 23.3 Å². The molecule has 112 valence electrons. The monoisotopic (exact) mass is 316 g/mol. The summed E-state index contributed by atoms with van der Waals surface area (Å²) in [6, 6.07) is 14.6. The van der Waals surface area contributed by atoms with Crippen LogP contribution >= 0.6 is 11.8 Å². The number of carbonyl (C=O) groups is 1. The van der Waals surface area contributed by atoms with Crippen LogP contribution in [0.2, 0.25) is 0 Å². The molecule has 4 nitrogen and oxygen atoms in total. The Morgan fingerprint density at radius 2 is 2.09 bits per heavy atom. The molecule has 0 aliphatic heterocycles. The second-order valence-electron chi connectivity index (χ2n) is 4.25. The zero-order valence-electron chi connectivity index (χ0n) is 11.6. The molecule has 0 spiro atoms. The third kappa shape index (κ3) is 4.79. The van der Waals surface area contributed by atoms with Crippen LogP contribution in [-0.2, 0) is 4.79 Å². The van der Waals surface area contributed by atoms with E-state index < -0.39 is 5.82 Å². The largest absolute Gasteiger partial charge is 0.455 e. The lowest BCUT2D eigenvalue weighted by atomic mass is 10.3. The third-order valence-electron chi connectivity index (χ3n) is 2.58. The first kappa shape index (κ1) is 15.9. The van der Waals surface area contributed by atoms with E-state index in [0.29, 0.717) is 17.2 Å². The van der Waals surface area contributed by atoms with Gasteiger partial charge in [0, 0.05) is 6.07 Å². The number of carbonyl (C=O) groups excluding carboxylic acids is 1. The second-order valence-corrected chi connectivity index (χ2v) is 5.24. The Hall–Kier alpha value is -2.52. The van der Waals surface area contributed by atoms with Gasteiger partial charge in [-0.3, -0.25) is 4.79 Å². The zero-order chi connectivity index (χ0) is 15.8. The number of nitriles is 1. The van der Waals surface area contributed by atoms with Crippen LogP contribution in [0.15, 0.2) is 48.5 Å². The van der Waals surface area contributed by atoms with Crippen molar-refractivity contribution in [2.45, 2.75) is 0 Å². The first-order valence-corrected chi connectivity index (χ1v) is 7.61. The maximum Gasteiger partial charge on any atom is 0.234 e. The Labute approximate surface area is 131 Å². The van der Waals surface area contributed by atoms with Gasteiger partial charge in [0.25, 0.3) is 0 Å². The molecule has 2 rings (SSSR count). The van der Waals surface area contributed by atoms with Gasteiger partial charge in [-0.15, -0.1) is 11.8 Å². The molecule has 0 bridgehead atoms. The van der Waals surface area contributed by atoms with E-state index in [9.17, 15) is 9.18 Å². The molecule has 6 heteroatoms. The number of amides is 1. The van der Waals surface area contributed by atoms with E-state index in [1.807, 2.05) is 6.07 Å². The summed E-state index contributed by atoms with van der Waals surface area (Å²) in [5, 5.41) is 11.2. The highest BCUT2D eigenvalue weighted by atomic mass is 32.2. The van der Waals surface area contributed by atoms with Gasteiger partial charge >= 0.3 is 0 Å². The van der Waals surface area contributed by atoms with E-state index >= 15 is 0 Å². The van der Waals surface area contributed by atoms with E-state index in [4.69, 9.17) is 10.00 Å². The molecular weight excluding hydrogens is 303 g/mol. The Bertz CT molecular complexity index is 701. The van der Waals surface area contributed by atoms with Crippen molar-refractivity contribution in [3.63, 3.8) is 0 Å². The van der Waals surface area contributed by atoms with E-state index in [1.165, 1.54) is 23.9 Å². The van der Waals surface area contributed by atoms with Gasteiger partial charge in [-0.05, 0) is 24.3 Å². The minimum Gasteiger partial charge on any atom is -0.455 e. The third-order valence-corrected chi connectivity index (χ3v) is 3.38. The Morgan fingerprint density at radius 1 is 1.27 bits per heavy atom. The number of hydrogen-bond donors (Lipinski definition) is 1. The van der Waals surface area contributed by atoms with Crippen LogP contribution in [0.5, 0.6) is 11.5 Å². The molecule has 0 fully saturated rings. The van der Waals surface area contributed by atoms with Crippen LogP contribution in [0.25, 0.3) is 0 Å². The average Bonchev–Trinajstić information content (AvgIpc) is 2.50. The summed E-state index contributed by atoms with van der Waals surface area (Å²) in [6.45, 7) is 0. The van der Waals surface area contributed by atoms with E-state index in [-0.39, 0.29) is 17.4 Å². The van der Waals surface area contributed by atoms with Crippen LogP contribution in [0.3, 0.4) is 0 Å². The number of nitrogens with one attached hydrogen (secondary N) is 1. The van der Waals surface area contributed by atoms with Crippen LogP contribution in [0.4, 0.5) is 10.1 Å². The molecule has 1 N–H and O–H groups in total. The number of para-hydroxylation sites is 2. The number of thioether (sulfide) groups is 1. The van der Waals surface area contributed by atoms with Crippen LogP contribution in [0.1, 0.15) is 0 Å². The van der Waals surface area contributed by atoms with Gasteiger partial charge < -0.3 is 10.1 Å². The number of benzene rings is 2. The SMILES string of the molecule is N#CCSCC(=O)Nc1ccccc1Oc1cccc(F)c1. The number of halogens is 1. The van der Waals surface area contributed by atoms with Crippen molar-refractivity contribution >= 4 is 23.4 Å². The first-order valence-electron chi connectivity index (χ1n) is 6.46. The molecule has 2 aromatic carbocycles. The Morgan fingerprint density at radius 3 is 2.86 bits per heavy atom. The molecule has 1 amide bonds. The number of anilines is 1. The minimum atomic E-state index is -0.396. The quantitative estimate of drug-likeness (QED) is 0.823. The van der Waals surface area contributed by atoms with Gasteiger partial charge in [0.2, 0.25) is 5.91 Å². The van der Waals surface area contributed by atoms with Crippen molar-refractivity contribution < 1.29 is 13.9 Å². The van der Waals surface area contributed by atoms with Crippen LogP contribution < -0.4 is 10.1 Å². The van der Waals surface area contributed by atoms with Gasteiger partial charge in [-0.2, -0.15) is 5.26 Å². The molecule has 0 aliphatic carbocycles. The summed E-state index contributed by atoms with van der Waals surface area (Å²) < 4.78 is 18.8. The van der Waals surface area contributed by atoms with Crippen molar-refractivity contribution in [2.24, 2.45) is 0 Å². The van der Waals surface area contributed by atoms with Gasteiger partial charge in [0.15, 0.2) is 5.75 Å². The minimum absolute atomic E-state index is 0.182. The second kappa shape index (κ2) is 8.05. The van der Waals surface area contributed by atoms with Gasteiger partial charge in [-0.1, -0.05) is 18.2 Å². The summed E-state index contributed by atoms with van der Waals surface area (Å²) in [4.78, 5) is 11.8. The zero-order valence-corrected chi connectivity index (χ0v) is 12.4. The normalized spacial score (nSPS) is 9.82. The fourth-order valence-corrected chi connectivity index (χ4v) is 2.14. The molecule has 0 aliphatic rings. The highest BCUT2D eigenvalue weighted by molar-refractivity contribution is 8.00. The highest BCUT2D eigenvalue weighted by Crippen LogP contribution is 2.29. The van der Waals surface area contributed by atoms with E-state index in [0.717, 1.165) is 0 Å². The molecular formula is C16H13FN2O2S. The topological polar surface area (TPSA) is 62.1 Å². The van der Waals surface area contributed by atoms with Crippen molar-refractivity contribution in [2.75, 3.05) is 16.8 Å². The predicted octanol–water partition coefficient (Wildman–Crippen LogP) is 3.81. The molecule has 0 saturated carbocycles. The fraction of sp³-hybridized carbons (Fsp3) is 0.125. The standard InChI is InChI=1S/C16H13FN2O2S/c17-12-4-3-5-13(10-12)21-15-7-2-1-6-14(15)19-16(20)11-22-9-8-18/h1-7,10H,9,11H2,(H,19,20). The summed E-state index contributed by atoms with van der Waals surface area (Å²) in [5.74, 6) is 0.589. The van der Waals surface area contributed by atoms with E-state index in [2.05, 4.69) is 5.32 Å². The lowest BCUT2D eigenvalue weighted by Gasteiger charge is -2.12. The van der Waals surface area contributed by atoms with Crippen molar-refractivity contribution in [1.82, 2.24) is 0 Å². The average molecular weight is 316 g/mol. The number of rotatable bonds is 6. The van der Waals surface area contributed by atoms with Crippen molar-refractivity contribution in [3.05, 3.63) is 54.3 Å². The summed E-state index contributed by atoms with van der Waals surface area (Å²) >= 11 is 1.23. The number of hydrogen-bond acceptors (Lipinski definition) is 4. The van der Waals surface area contributed by atoms with Crippen molar-refractivity contribution in [3.8, 4) is 17.6 Å². The Kier molecular flexibility index (Phi) is 5.81. The number of ether oxygens (including phenoxy) is 1. The van der Waals surface area contributed by atoms with E-state index in [1.54, 1.807) is 36.4 Å². The van der Waals surface area contributed by atoms with Crippen molar-refractivity contribution in [1.29, 1.82) is 5.26 Å². The molecule has 0 atom stereocenters. The number of nitrogens with zero attached hydrogens (tertiary/aromatic N) is 1. The first-order chi connectivity index (χ1) is 10.7. The van der Waals surface area contributed by atoms with Crippen LogP contribution in [-0.4, -0.2) is 17.4 Å². The molecule has 2 aromatic rings. The van der Waals surface area contributed by atoms with Gasteiger partial charge in [-0.25, -0.2) is 4.39 Å². The summed E-state index contributed by atoms with van der Waals surface area (Å²) in [7, 11) is 0. The summed E-state index contributed by atoms with van der Waals surface area (Å²) in [5.41, 5.74) is 0.495. The highest BCUT2D eigenvalue weighted by Gasteiger charge is 2.08. The lowest BCUT2D eigenvalue weighted by molar-refractivity contribution is -0.113. The molecule has 22 heavy (non-hydrogen) atoms. The lowest BCUT2D eigenvalue weighted by Crippen LogP contribution is -2.14. The fourth-order valence-electron chi connectivity index (χ4n) is 1.69.